The van der Waals surface area contributed by atoms with Gasteiger partial charge in [0.05, 0.1) is 48.7 Å². The summed E-state index contributed by atoms with van der Waals surface area (Å²) in [5.41, 5.74) is 0.711. The summed E-state index contributed by atoms with van der Waals surface area (Å²) in [6, 6.07) is 12.0. The van der Waals surface area contributed by atoms with Gasteiger partial charge in [0.1, 0.15) is 11.5 Å². The standard InChI is InChI=1S/C24H19Cl2NO6/c1-31-18-8-6-14(11-19(18)32-2)22(28)20-21(13-5-7-16(25)17(26)10-13)27(24(30)23(20)29)12-15-4-3-9-33-15/h3-11,21,28H,12H2,1-2H3/b22-20+. The summed E-state index contributed by atoms with van der Waals surface area (Å²) >= 11 is 12.3. The molecule has 1 atom stereocenters. The quantitative estimate of drug-likeness (QED) is 0.291. The Morgan fingerprint density at radius 2 is 1.79 bits per heavy atom. The van der Waals surface area contributed by atoms with Crippen LogP contribution in [0.15, 0.2) is 64.8 Å². The van der Waals surface area contributed by atoms with Crippen molar-refractivity contribution in [1.29, 1.82) is 0 Å². The first kappa shape index (κ1) is 22.8. The van der Waals surface area contributed by atoms with E-state index in [9.17, 15) is 14.7 Å². The van der Waals surface area contributed by atoms with E-state index in [1.807, 2.05) is 0 Å². The Morgan fingerprint density at radius 1 is 1.03 bits per heavy atom. The Bertz CT molecular complexity index is 1250. The first-order valence-corrected chi connectivity index (χ1v) is 10.6. The van der Waals surface area contributed by atoms with Gasteiger partial charge in [-0.05, 0) is 48.0 Å². The monoisotopic (exact) mass is 487 g/mol. The Hall–Kier alpha value is -3.42. The molecule has 2 aromatic carbocycles. The number of carbonyl (C=O) groups is 2. The van der Waals surface area contributed by atoms with Gasteiger partial charge in [-0.3, -0.25) is 9.59 Å². The predicted octanol–water partition coefficient (Wildman–Crippen LogP) is 5.23. The molecule has 33 heavy (non-hydrogen) atoms. The number of benzene rings is 2. The lowest BCUT2D eigenvalue weighted by molar-refractivity contribution is -0.140. The predicted molar refractivity (Wildman–Crippen MR) is 123 cm³/mol. The van der Waals surface area contributed by atoms with E-state index in [-0.39, 0.29) is 28.5 Å². The zero-order valence-corrected chi connectivity index (χ0v) is 19.2. The summed E-state index contributed by atoms with van der Waals surface area (Å²) in [4.78, 5) is 27.5. The number of halogens is 2. The fraction of sp³-hybridized carbons (Fsp3) is 0.167. The molecule has 0 spiro atoms. The minimum Gasteiger partial charge on any atom is -0.507 e. The van der Waals surface area contributed by atoms with Crippen LogP contribution in [0, 0.1) is 0 Å². The van der Waals surface area contributed by atoms with Crippen molar-refractivity contribution in [2.24, 2.45) is 0 Å². The number of nitrogens with zero attached hydrogens (tertiary/aromatic N) is 1. The SMILES string of the molecule is COc1ccc(/C(O)=C2\C(=O)C(=O)N(Cc3ccco3)C2c2ccc(Cl)c(Cl)c2)cc1OC. The van der Waals surface area contributed by atoms with E-state index in [1.54, 1.807) is 42.5 Å². The molecular formula is C24H19Cl2NO6. The van der Waals surface area contributed by atoms with Crippen LogP contribution in [0.3, 0.4) is 0 Å². The molecule has 1 aliphatic rings. The van der Waals surface area contributed by atoms with Crippen LogP contribution in [-0.4, -0.2) is 35.9 Å². The normalized spacial score (nSPS) is 17.5. The van der Waals surface area contributed by atoms with Crippen LogP contribution in [-0.2, 0) is 16.1 Å². The molecule has 1 fully saturated rings. The van der Waals surface area contributed by atoms with Gasteiger partial charge in [0, 0.05) is 5.56 Å². The molecule has 1 unspecified atom stereocenters. The van der Waals surface area contributed by atoms with Crippen LogP contribution < -0.4 is 9.47 Å². The lowest BCUT2D eigenvalue weighted by atomic mass is 9.95. The van der Waals surface area contributed by atoms with Crippen molar-refractivity contribution in [3.8, 4) is 11.5 Å². The second-order valence-electron chi connectivity index (χ2n) is 7.25. The van der Waals surface area contributed by atoms with E-state index in [1.165, 1.54) is 31.4 Å². The molecule has 1 aliphatic heterocycles. The first-order valence-electron chi connectivity index (χ1n) is 9.83. The number of ketones is 1. The highest BCUT2D eigenvalue weighted by atomic mass is 35.5. The maximum Gasteiger partial charge on any atom is 0.296 e. The third kappa shape index (κ3) is 4.17. The number of amides is 1. The van der Waals surface area contributed by atoms with Crippen molar-refractivity contribution in [1.82, 2.24) is 4.90 Å². The van der Waals surface area contributed by atoms with Crippen LogP contribution in [0.5, 0.6) is 11.5 Å². The molecule has 1 N–H and O–H groups in total. The Balaban J connectivity index is 1.89. The average Bonchev–Trinajstić information content (AvgIpc) is 3.42. The van der Waals surface area contributed by atoms with Gasteiger partial charge in [-0.2, -0.15) is 0 Å². The number of Topliss-reactive ketones (excluding diaryl/α,β-unsaturated/α-hetero) is 1. The molecule has 1 aromatic heterocycles. The van der Waals surface area contributed by atoms with Gasteiger partial charge in [-0.15, -0.1) is 0 Å². The molecule has 170 valence electrons. The third-order valence-corrected chi connectivity index (χ3v) is 6.10. The van der Waals surface area contributed by atoms with Gasteiger partial charge in [-0.25, -0.2) is 0 Å². The topological polar surface area (TPSA) is 89.2 Å². The number of likely N-dealkylation sites (tertiary alicyclic amines) is 1. The molecule has 0 bridgehead atoms. The second kappa shape index (κ2) is 9.21. The van der Waals surface area contributed by atoms with Crippen LogP contribution >= 0.6 is 23.2 Å². The number of hydrogen-bond donors (Lipinski definition) is 1. The van der Waals surface area contributed by atoms with Gasteiger partial charge in [-0.1, -0.05) is 29.3 Å². The number of carbonyl (C=O) groups excluding carboxylic acids is 2. The molecule has 2 heterocycles. The van der Waals surface area contributed by atoms with Gasteiger partial charge in [0.2, 0.25) is 0 Å². The van der Waals surface area contributed by atoms with Gasteiger partial charge < -0.3 is 23.9 Å². The van der Waals surface area contributed by atoms with Crippen LogP contribution in [0.2, 0.25) is 10.0 Å². The molecule has 4 rings (SSSR count). The lowest BCUT2D eigenvalue weighted by Crippen LogP contribution is -2.29. The van der Waals surface area contributed by atoms with Crippen LogP contribution in [0.25, 0.3) is 5.76 Å². The van der Waals surface area contributed by atoms with E-state index in [4.69, 9.17) is 37.1 Å². The van der Waals surface area contributed by atoms with Crippen molar-refractivity contribution in [3.63, 3.8) is 0 Å². The number of methoxy groups -OCH3 is 2. The number of aliphatic hydroxyl groups excluding tert-OH is 1. The van der Waals surface area contributed by atoms with Gasteiger partial charge >= 0.3 is 0 Å². The zero-order valence-electron chi connectivity index (χ0n) is 17.7. The molecule has 9 heteroatoms. The van der Waals surface area contributed by atoms with E-state index in [0.717, 1.165) is 0 Å². The minimum atomic E-state index is -0.919. The fourth-order valence-electron chi connectivity index (χ4n) is 3.78. The van der Waals surface area contributed by atoms with Crippen molar-refractivity contribution in [2.45, 2.75) is 12.6 Å². The number of aliphatic hydroxyl groups is 1. The maximum atomic E-state index is 13.1. The first-order chi connectivity index (χ1) is 15.8. The second-order valence-corrected chi connectivity index (χ2v) is 8.06. The Kier molecular flexibility index (Phi) is 6.35. The Morgan fingerprint density at radius 3 is 2.42 bits per heavy atom. The molecule has 1 amide bonds. The van der Waals surface area contributed by atoms with E-state index in [0.29, 0.717) is 27.8 Å². The summed E-state index contributed by atoms with van der Waals surface area (Å²) in [5.74, 6) is -0.666. The summed E-state index contributed by atoms with van der Waals surface area (Å²) in [7, 11) is 2.95. The smallest absolute Gasteiger partial charge is 0.296 e. The molecule has 7 nitrogen and oxygen atoms in total. The summed E-state index contributed by atoms with van der Waals surface area (Å²) in [6.45, 7) is 0.0190. The van der Waals surface area contributed by atoms with Crippen molar-refractivity contribution < 1.29 is 28.6 Å². The Labute approximate surface area is 199 Å². The van der Waals surface area contributed by atoms with Crippen LogP contribution in [0.4, 0.5) is 0 Å². The zero-order chi connectivity index (χ0) is 23.7. The van der Waals surface area contributed by atoms with E-state index >= 15 is 0 Å². The number of ether oxygens (including phenoxy) is 2. The molecular weight excluding hydrogens is 469 g/mol. The summed E-state index contributed by atoms with van der Waals surface area (Å²) in [6.07, 6.45) is 1.48. The average molecular weight is 488 g/mol. The molecule has 3 aromatic rings. The van der Waals surface area contributed by atoms with Gasteiger partial charge in [0.15, 0.2) is 11.5 Å². The highest BCUT2D eigenvalue weighted by Gasteiger charge is 2.46. The number of hydrogen-bond acceptors (Lipinski definition) is 6. The van der Waals surface area contributed by atoms with Crippen LogP contribution in [0.1, 0.15) is 22.9 Å². The van der Waals surface area contributed by atoms with Crippen molar-refractivity contribution in [3.05, 3.63) is 87.3 Å². The molecule has 0 saturated carbocycles. The van der Waals surface area contributed by atoms with Crippen molar-refractivity contribution >= 4 is 40.7 Å². The molecule has 0 aliphatic carbocycles. The maximum absolute atomic E-state index is 13.1. The van der Waals surface area contributed by atoms with E-state index in [2.05, 4.69) is 0 Å². The lowest BCUT2D eigenvalue weighted by Gasteiger charge is -2.25. The minimum absolute atomic E-state index is 0.0190. The van der Waals surface area contributed by atoms with Crippen molar-refractivity contribution in [2.75, 3.05) is 14.2 Å². The number of rotatable bonds is 6. The van der Waals surface area contributed by atoms with E-state index < -0.39 is 17.7 Å². The van der Waals surface area contributed by atoms with Gasteiger partial charge in [0.25, 0.3) is 11.7 Å². The molecule has 0 radical (unpaired) electrons. The number of furan rings is 1. The third-order valence-electron chi connectivity index (χ3n) is 5.36. The fourth-order valence-corrected chi connectivity index (χ4v) is 4.09. The highest BCUT2D eigenvalue weighted by Crippen LogP contribution is 2.42. The largest absolute Gasteiger partial charge is 0.507 e. The summed E-state index contributed by atoms with van der Waals surface area (Å²) < 4.78 is 15.9. The highest BCUT2D eigenvalue weighted by molar-refractivity contribution is 6.46. The summed E-state index contributed by atoms with van der Waals surface area (Å²) in [5, 5.41) is 11.8. The molecule has 1 saturated heterocycles.